The first kappa shape index (κ1) is 26.6. The Hall–Kier alpha value is -2.97. The summed E-state index contributed by atoms with van der Waals surface area (Å²) in [4.78, 5) is 25.8. The maximum Gasteiger partial charge on any atom is 0.245 e. The number of carbonyl (C=O) groups excluding carboxylic acids is 2. The Morgan fingerprint density at radius 2 is 1.60 bits per heavy atom. The Kier molecular flexibility index (Phi) is 7.87. The predicted octanol–water partition coefficient (Wildman–Crippen LogP) is 5.69. The number of ketones is 1. The molecular weight excluding hydrogens is 528 g/mol. The first-order valence-electron chi connectivity index (χ1n) is 11.0. The van der Waals surface area contributed by atoms with Gasteiger partial charge in [0.15, 0.2) is 5.78 Å². The molecule has 3 rings (SSSR count). The lowest BCUT2D eigenvalue weighted by Gasteiger charge is -2.22. The maximum atomic E-state index is 13.0. The summed E-state index contributed by atoms with van der Waals surface area (Å²) in [5, 5.41) is 2.71. The summed E-state index contributed by atoms with van der Waals surface area (Å²) in [5.41, 5.74) is 3.74. The number of hydrogen-bond donors (Lipinski definition) is 1. The maximum absolute atomic E-state index is 13.0. The normalized spacial score (nSPS) is 11.7. The van der Waals surface area contributed by atoms with Crippen LogP contribution in [-0.2, 0) is 20.2 Å². The van der Waals surface area contributed by atoms with E-state index in [-0.39, 0.29) is 11.2 Å². The van der Waals surface area contributed by atoms with E-state index >= 15 is 0 Å². The molecule has 3 aromatic carbocycles. The van der Waals surface area contributed by atoms with Crippen LogP contribution in [0, 0.1) is 6.92 Å². The summed E-state index contributed by atoms with van der Waals surface area (Å²) >= 11 is 3.40. The number of nitrogens with zero attached hydrogens (tertiary/aromatic N) is 1. The average Bonchev–Trinajstić information content (AvgIpc) is 2.78. The molecule has 0 saturated heterocycles. The van der Waals surface area contributed by atoms with Crippen molar-refractivity contribution in [2.45, 2.75) is 33.1 Å². The highest BCUT2D eigenvalue weighted by atomic mass is 79.9. The van der Waals surface area contributed by atoms with Crippen LogP contribution in [-0.4, -0.2) is 32.9 Å². The van der Waals surface area contributed by atoms with Crippen LogP contribution >= 0.6 is 15.9 Å². The Labute approximate surface area is 215 Å². The lowest BCUT2D eigenvalue weighted by Crippen LogP contribution is -2.37. The van der Waals surface area contributed by atoms with Crippen molar-refractivity contribution in [2.75, 3.05) is 22.4 Å². The van der Waals surface area contributed by atoms with Crippen LogP contribution in [0.1, 0.15) is 47.8 Å². The van der Waals surface area contributed by atoms with Gasteiger partial charge in [-0.1, -0.05) is 73.1 Å². The molecule has 1 N–H and O–H groups in total. The average molecular weight is 558 g/mol. The summed E-state index contributed by atoms with van der Waals surface area (Å²) in [7, 11) is -3.70. The Balaban J connectivity index is 1.77. The third kappa shape index (κ3) is 6.80. The van der Waals surface area contributed by atoms with Gasteiger partial charge in [0.05, 0.1) is 11.9 Å². The molecule has 0 bridgehead atoms. The van der Waals surface area contributed by atoms with E-state index in [4.69, 9.17) is 0 Å². The van der Waals surface area contributed by atoms with Gasteiger partial charge in [-0.2, -0.15) is 0 Å². The molecule has 6 nitrogen and oxygen atoms in total. The molecule has 1 amide bonds. The van der Waals surface area contributed by atoms with Crippen LogP contribution in [0.4, 0.5) is 11.4 Å². The minimum atomic E-state index is -3.70. The van der Waals surface area contributed by atoms with E-state index < -0.39 is 22.5 Å². The summed E-state index contributed by atoms with van der Waals surface area (Å²) in [6, 6.07) is 19.2. The van der Waals surface area contributed by atoms with Gasteiger partial charge in [-0.25, -0.2) is 8.42 Å². The van der Waals surface area contributed by atoms with Crippen molar-refractivity contribution in [3.63, 3.8) is 0 Å². The summed E-state index contributed by atoms with van der Waals surface area (Å²) in [6.45, 7) is 7.77. The highest BCUT2D eigenvalue weighted by Crippen LogP contribution is 2.25. The zero-order valence-corrected chi connectivity index (χ0v) is 22.8. The van der Waals surface area contributed by atoms with Crippen molar-refractivity contribution >= 4 is 49.0 Å². The second-order valence-electron chi connectivity index (χ2n) is 9.49. The second-order valence-corrected chi connectivity index (χ2v) is 12.2. The molecule has 0 aliphatic heterocycles. The standard InChI is InChI=1S/C27H29BrN2O4S/c1-18-15-23(13-14-24(18)28)30(35(5,33)34)17-25(31)29-22-8-6-7-20(16-22)26(32)19-9-11-21(12-10-19)27(2,3)4/h6-16H,17H2,1-5H3,(H,29,31). The zero-order chi connectivity index (χ0) is 26.0. The summed E-state index contributed by atoms with van der Waals surface area (Å²) in [5.74, 6) is -0.681. The molecule has 8 heteroatoms. The molecule has 0 spiro atoms. The number of halogens is 1. The SMILES string of the molecule is Cc1cc(N(CC(=O)Nc2cccc(C(=O)c3ccc(C(C)(C)C)cc3)c2)S(C)(=O)=O)ccc1Br. The van der Waals surface area contributed by atoms with Gasteiger partial charge in [0.1, 0.15) is 6.54 Å². The van der Waals surface area contributed by atoms with Gasteiger partial charge >= 0.3 is 0 Å². The van der Waals surface area contributed by atoms with Crippen LogP contribution < -0.4 is 9.62 Å². The van der Waals surface area contributed by atoms with Crippen molar-refractivity contribution in [2.24, 2.45) is 0 Å². The number of amides is 1. The molecule has 0 aliphatic carbocycles. The van der Waals surface area contributed by atoms with Crippen LogP contribution in [0.25, 0.3) is 0 Å². The molecule has 0 radical (unpaired) electrons. The van der Waals surface area contributed by atoms with Crippen molar-refractivity contribution in [1.82, 2.24) is 0 Å². The highest BCUT2D eigenvalue weighted by molar-refractivity contribution is 9.10. The molecule has 0 aromatic heterocycles. The summed E-state index contributed by atoms with van der Waals surface area (Å²) in [6.07, 6.45) is 1.06. The molecule has 0 fully saturated rings. The number of hydrogen-bond acceptors (Lipinski definition) is 4. The van der Waals surface area contributed by atoms with E-state index in [2.05, 4.69) is 42.0 Å². The lowest BCUT2D eigenvalue weighted by atomic mass is 9.86. The predicted molar refractivity (Wildman–Crippen MR) is 145 cm³/mol. The molecule has 0 unspecified atom stereocenters. The van der Waals surface area contributed by atoms with Crippen molar-refractivity contribution < 1.29 is 18.0 Å². The van der Waals surface area contributed by atoms with Gasteiger partial charge in [-0.05, 0) is 53.8 Å². The minimum absolute atomic E-state index is 0.0133. The third-order valence-corrected chi connectivity index (χ3v) is 7.57. The molecule has 3 aromatic rings. The number of nitrogens with one attached hydrogen (secondary N) is 1. The number of aryl methyl sites for hydroxylation is 1. The topological polar surface area (TPSA) is 83.6 Å². The van der Waals surface area contributed by atoms with Crippen molar-refractivity contribution in [1.29, 1.82) is 0 Å². The molecule has 0 heterocycles. The third-order valence-electron chi connectivity index (χ3n) is 5.54. The van der Waals surface area contributed by atoms with E-state index in [0.717, 1.165) is 26.2 Å². The Morgan fingerprint density at radius 3 is 2.17 bits per heavy atom. The molecule has 0 saturated carbocycles. The van der Waals surface area contributed by atoms with E-state index in [1.807, 2.05) is 19.1 Å². The van der Waals surface area contributed by atoms with E-state index in [1.165, 1.54) is 0 Å². The number of anilines is 2. The fourth-order valence-corrected chi connectivity index (χ4v) is 4.64. The number of sulfonamides is 1. The quantitative estimate of drug-likeness (QED) is 0.379. The van der Waals surface area contributed by atoms with Gasteiger partial charge in [-0.15, -0.1) is 0 Å². The van der Waals surface area contributed by atoms with E-state index in [9.17, 15) is 18.0 Å². The van der Waals surface area contributed by atoms with E-state index in [0.29, 0.717) is 22.5 Å². The van der Waals surface area contributed by atoms with Crippen LogP contribution in [0.3, 0.4) is 0 Å². The number of benzene rings is 3. The van der Waals surface area contributed by atoms with Crippen LogP contribution in [0.5, 0.6) is 0 Å². The van der Waals surface area contributed by atoms with Gasteiger partial charge in [0.2, 0.25) is 15.9 Å². The number of rotatable bonds is 7. The van der Waals surface area contributed by atoms with Gasteiger partial charge in [0, 0.05) is 21.3 Å². The summed E-state index contributed by atoms with van der Waals surface area (Å²) < 4.78 is 26.7. The fraction of sp³-hybridized carbons (Fsp3) is 0.259. The Morgan fingerprint density at radius 1 is 0.943 bits per heavy atom. The van der Waals surface area contributed by atoms with Gasteiger partial charge < -0.3 is 5.32 Å². The Bertz CT molecular complexity index is 1360. The molecular formula is C27H29BrN2O4S. The zero-order valence-electron chi connectivity index (χ0n) is 20.4. The number of carbonyl (C=O) groups is 2. The molecule has 184 valence electrons. The molecule has 0 atom stereocenters. The fourth-order valence-electron chi connectivity index (χ4n) is 3.54. The molecule has 35 heavy (non-hydrogen) atoms. The lowest BCUT2D eigenvalue weighted by molar-refractivity contribution is -0.114. The highest BCUT2D eigenvalue weighted by Gasteiger charge is 2.22. The second kappa shape index (κ2) is 10.3. The van der Waals surface area contributed by atoms with Crippen LogP contribution in [0.2, 0.25) is 0 Å². The van der Waals surface area contributed by atoms with Gasteiger partial charge in [-0.3, -0.25) is 13.9 Å². The van der Waals surface area contributed by atoms with Gasteiger partial charge in [0.25, 0.3) is 0 Å². The minimum Gasteiger partial charge on any atom is -0.324 e. The first-order chi connectivity index (χ1) is 16.3. The monoisotopic (exact) mass is 556 g/mol. The largest absolute Gasteiger partial charge is 0.324 e. The first-order valence-corrected chi connectivity index (χ1v) is 13.7. The smallest absolute Gasteiger partial charge is 0.245 e. The molecule has 0 aliphatic rings. The van der Waals surface area contributed by atoms with Crippen molar-refractivity contribution in [3.05, 3.63) is 93.5 Å². The van der Waals surface area contributed by atoms with Crippen molar-refractivity contribution in [3.8, 4) is 0 Å². The van der Waals surface area contributed by atoms with Crippen LogP contribution in [0.15, 0.2) is 71.2 Å². The van der Waals surface area contributed by atoms with E-state index in [1.54, 1.807) is 54.6 Å².